The van der Waals surface area contributed by atoms with Crippen LogP contribution in [0.4, 0.5) is 5.69 Å². The molecule has 212 valence electrons. The minimum atomic E-state index is -2.50. The first-order valence-electron chi connectivity index (χ1n) is 13.6. The second-order valence-corrected chi connectivity index (χ2v) is 10.4. The van der Waals surface area contributed by atoms with E-state index in [4.69, 9.17) is 4.74 Å². The van der Waals surface area contributed by atoms with Crippen molar-refractivity contribution in [2.75, 3.05) is 31.1 Å². The first-order chi connectivity index (χ1) is 18.5. The molecule has 1 aliphatic heterocycles. The normalized spacial score (nSPS) is 14.8. The van der Waals surface area contributed by atoms with Gasteiger partial charge in [-0.1, -0.05) is 50.2 Å². The molecule has 0 bridgehead atoms. The third-order valence-corrected chi connectivity index (χ3v) is 7.76. The number of nitrogens with zero attached hydrogens (tertiary/aromatic N) is 2. The van der Waals surface area contributed by atoms with E-state index >= 15 is 0 Å². The van der Waals surface area contributed by atoms with Crippen molar-refractivity contribution in [3.8, 4) is 5.75 Å². The lowest BCUT2D eigenvalue weighted by molar-refractivity contribution is -0.166. The van der Waals surface area contributed by atoms with Crippen molar-refractivity contribution in [2.24, 2.45) is 0 Å². The first-order valence-corrected chi connectivity index (χ1v) is 13.6. The number of carboxylic acids is 2. The fraction of sp³-hybridized carbons (Fsp3) is 0.500. The maximum atomic E-state index is 12.6. The molecule has 0 saturated carbocycles. The number of piperazine rings is 1. The maximum absolute atomic E-state index is 12.6. The van der Waals surface area contributed by atoms with Crippen molar-refractivity contribution < 1.29 is 29.3 Å². The summed E-state index contributed by atoms with van der Waals surface area (Å²) >= 11 is 0. The van der Waals surface area contributed by atoms with E-state index in [0.717, 1.165) is 50.1 Å². The van der Waals surface area contributed by atoms with Crippen molar-refractivity contribution in [3.05, 3.63) is 59.7 Å². The molecule has 0 unspecified atom stereocenters. The van der Waals surface area contributed by atoms with Gasteiger partial charge in [0, 0.05) is 45.1 Å². The van der Waals surface area contributed by atoms with Crippen molar-refractivity contribution in [3.63, 3.8) is 0 Å². The highest BCUT2D eigenvalue weighted by molar-refractivity contribution is 6.08. The molecule has 0 atom stereocenters. The maximum Gasteiger partial charge on any atom is 0.342 e. The molecular weight excluding hydrogens is 498 g/mol. The summed E-state index contributed by atoms with van der Waals surface area (Å²) in [5.41, 5.74) is -1.23. The van der Waals surface area contributed by atoms with E-state index in [9.17, 15) is 24.6 Å². The van der Waals surface area contributed by atoms with Gasteiger partial charge < -0.3 is 25.2 Å². The van der Waals surface area contributed by atoms with Crippen LogP contribution in [0.15, 0.2) is 48.5 Å². The molecule has 0 spiro atoms. The molecule has 9 heteroatoms. The van der Waals surface area contributed by atoms with Crippen LogP contribution in [0.2, 0.25) is 0 Å². The second-order valence-electron chi connectivity index (χ2n) is 10.4. The third-order valence-electron chi connectivity index (χ3n) is 7.76. The van der Waals surface area contributed by atoms with E-state index in [1.165, 1.54) is 0 Å². The van der Waals surface area contributed by atoms with Gasteiger partial charge in [0.25, 0.3) is 0 Å². The quantitative estimate of drug-likeness (QED) is 0.348. The summed E-state index contributed by atoms with van der Waals surface area (Å²) in [6.07, 6.45) is 0.509. The number of aliphatic carboxylic acids is 2. The van der Waals surface area contributed by atoms with Crippen LogP contribution in [0, 0.1) is 0 Å². The van der Waals surface area contributed by atoms with Crippen LogP contribution in [0.1, 0.15) is 58.6 Å². The van der Waals surface area contributed by atoms with E-state index in [1.54, 1.807) is 19.9 Å². The number of benzene rings is 2. The van der Waals surface area contributed by atoms with Crippen LogP contribution < -0.4 is 15.0 Å². The Bertz CT molecular complexity index is 1150. The van der Waals surface area contributed by atoms with Crippen LogP contribution >= 0.6 is 0 Å². The SMILES string of the molecule is CCC(CC)(c1cccc(CN2CCN(c3ccccc3OC(C)C)CC2)c1)C(NC(C)=O)(C(=O)O)C(=O)O. The molecule has 0 aliphatic carbocycles. The minimum Gasteiger partial charge on any atom is -0.489 e. The lowest BCUT2D eigenvalue weighted by Crippen LogP contribution is -2.71. The molecule has 1 aliphatic rings. The Labute approximate surface area is 230 Å². The number of hydrogen-bond acceptors (Lipinski definition) is 6. The van der Waals surface area contributed by atoms with Crippen molar-refractivity contribution in [1.82, 2.24) is 10.2 Å². The number of amides is 1. The van der Waals surface area contributed by atoms with Gasteiger partial charge in [0.05, 0.1) is 11.8 Å². The smallest absolute Gasteiger partial charge is 0.342 e. The number of anilines is 1. The number of carboxylic acid groups (broad SMARTS) is 2. The Kier molecular flexibility index (Phi) is 9.61. The second kappa shape index (κ2) is 12.5. The molecule has 1 heterocycles. The molecule has 0 aromatic heterocycles. The van der Waals surface area contributed by atoms with E-state index < -0.39 is 28.8 Å². The van der Waals surface area contributed by atoms with E-state index in [-0.39, 0.29) is 18.9 Å². The highest BCUT2D eigenvalue weighted by atomic mass is 16.5. The van der Waals surface area contributed by atoms with Gasteiger partial charge in [-0.25, -0.2) is 9.59 Å². The van der Waals surface area contributed by atoms with Crippen molar-refractivity contribution in [2.45, 2.75) is 71.1 Å². The molecule has 39 heavy (non-hydrogen) atoms. The Hall–Kier alpha value is -3.59. The third kappa shape index (κ3) is 6.03. The Balaban J connectivity index is 1.84. The first kappa shape index (κ1) is 30.0. The van der Waals surface area contributed by atoms with Crippen LogP contribution in [-0.2, 0) is 26.3 Å². The predicted molar refractivity (Wildman–Crippen MR) is 150 cm³/mol. The van der Waals surface area contributed by atoms with Gasteiger partial charge in [0.15, 0.2) is 0 Å². The number of para-hydroxylation sites is 2. The number of carbonyl (C=O) groups excluding carboxylic acids is 1. The highest BCUT2D eigenvalue weighted by Gasteiger charge is 2.62. The van der Waals surface area contributed by atoms with Gasteiger partial charge in [-0.15, -0.1) is 0 Å². The molecule has 1 amide bonds. The monoisotopic (exact) mass is 539 g/mol. The van der Waals surface area contributed by atoms with Gasteiger partial charge in [-0.2, -0.15) is 0 Å². The number of hydrogen-bond donors (Lipinski definition) is 3. The fourth-order valence-corrected chi connectivity index (χ4v) is 5.84. The molecule has 9 nitrogen and oxygen atoms in total. The summed E-state index contributed by atoms with van der Waals surface area (Å²) in [5.74, 6) is -3.00. The minimum absolute atomic E-state index is 0.0877. The lowest BCUT2D eigenvalue weighted by atomic mass is 9.61. The van der Waals surface area contributed by atoms with Gasteiger partial charge in [-0.05, 0) is 49.9 Å². The Morgan fingerprint density at radius 3 is 2.10 bits per heavy atom. The number of nitrogens with one attached hydrogen (secondary N) is 1. The molecule has 3 N–H and O–H groups in total. The topological polar surface area (TPSA) is 119 Å². The zero-order valence-electron chi connectivity index (χ0n) is 23.6. The van der Waals surface area contributed by atoms with Crippen LogP contribution in [-0.4, -0.2) is 70.8 Å². The van der Waals surface area contributed by atoms with E-state index in [1.807, 2.05) is 50.2 Å². The van der Waals surface area contributed by atoms with Crippen molar-refractivity contribution in [1.29, 1.82) is 0 Å². The van der Waals surface area contributed by atoms with E-state index in [2.05, 4.69) is 21.2 Å². The van der Waals surface area contributed by atoms with Crippen LogP contribution in [0.25, 0.3) is 0 Å². The zero-order valence-corrected chi connectivity index (χ0v) is 23.6. The molecule has 2 aromatic rings. The summed E-state index contributed by atoms with van der Waals surface area (Å²) in [4.78, 5) is 41.8. The molecule has 3 rings (SSSR count). The van der Waals surface area contributed by atoms with Gasteiger partial charge in [0.2, 0.25) is 11.4 Å². The number of rotatable bonds is 12. The number of carbonyl (C=O) groups is 3. The summed E-state index contributed by atoms with van der Waals surface area (Å²) in [6, 6.07) is 15.5. The molecule has 1 saturated heterocycles. The standard InChI is InChI=1S/C30H41N3O6/c1-6-29(7-2,30(27(35)36,28(37)38)31-22(5)34)24-12-10-11-23(19-24)20-32-15-17-33(18-16-32)25-13-8-9-14-26(25)39-21(3)4/h8-14,19,21H,6-7,15-18,20H2,1-5H3,(H,31,34)(H,35,36)(H,37,38). The predicted octanol–water partition coefficient (Wildman–Crippen LogP) is 3.90. The Morgan fingerprint density at radius 2 is 1.56 bits per heavy atom. The number of ether oxygens (including phenoxy) is 1. The summed E-state index contributed by atoms with van der Waals surface area (Å²) in [6.45, 7) is 12.6. The molecular formula is C30H41N3O6. The summed E-state index contributed by atoms with van der Waals surface area (Å²) in [5, 5.41) is 22.7. The lowest BCUT2D eigenvalue weighted by Gasteiger charge is -2.45. The van der Waals surface area contributed by atoms with Crippen LogP contribution in [0.3, 0.4) is 0 Å². The highest BCUT2D eigenvalue weighted by Crippen LogP contribution is 2.43. The van der Waals surface area contributed by atoms with Gasteiger partial charge in [-0.3, -0.25) is 9.69 Å². The van der Waals surface area contributed by atoms with Crippen molar-refractivity contribution >= 4 is 23.5 Å². The average Bonchev–Trinajstić information content (AvgIpc) is 2.89. The Morgan fingerprint density at radius 1 is 0.949 bits per heavy atom. The fourth-order valence-electron chi connectivity index (χ4n) is 5.84. The molecule has 1 fully saturated rings. The largest absolute Gasteiger partial charge is 0.489 e. The zero-order chi connectivity index (χ0) is 28.8. The summed E-state index contributed by atoms with van der Waals surface area (Å²) in [7, 11) is 0. The van der Waals surface area contributed by atoms with Gasteiger partial charge in [0.1, 0.15) is 5.75 Å². The average molecular weight is 540 g/mol. The molecule has 0 radical (unpaired) electrons. The summed E-state index contributed by atoms with van der Waals surface area (Å²) < 4.78 is 6.01. The van der Waals surface area contributed by atoms with Crippen LogP contribution in [0.5, 0.6) is 5.75 Å². The van der Waals surface area contributed by atoms with Gasteiger partial charge >= 0.3 is 11.9 Å². The molecule has 2 aromatic carbocycles. The van der Waals surface area contributed by atoms with E-state index in [0.29, 0.717) is 12.1 Å².